The first kappa shape index (κ1) is 20.4. The summed E-state index contributed by atoms with van der Waals surface area (Å²) in [6.07, 6.45) is 2.08. The van der Waals surface area contributed by atoms with Crippen molar-refractivity contribution in [1.29, 1.82) is 0 Å². The molecule has 0 radical (unpaired) electrons. The minimum Gasteiger partial charge on any atom is -0.503 e. The van der Waals surface area contributed by atoms with Gasteiger partial charge in [-0.1, -0.05) is 0 Å². The summed E-state index contributed by atoms with van der Waals surface area (Å²) in [5.74, 6) is -2.71. The Balaban J connectivity index is 1.63. The second kappa shape index (κ2) is 7.75. The van der Waals surface area contributed by atoms with Crippen molar-refractivity contribution < 1.29 is 23.5 Å². The van der Waals surface area contributed by atoms with E-state index in [1.165, 1.54) is 10.8 Å². The summed E-state index contributed by atoms with van der Waals surface area (Å²) in [5, 5.41) is 12.7. The second-order valence-corrected chi connectivity index (χ2v) is 8.64. The summed E-state index contributed by atoms with van der Waals surface area (Å²) in [5.41, 5.74) is -1.26. The number of pyridine rings is 1. The van der Waals surface area contributed by atoms with Crippen molar-refractivity contribution in [2.24, 2.45) is 0 Å². The number of nitrogens with zero attached hydrogens (tertiary/aromatic N) is 2. The molecule has 10 heteroatoms. The van der Waals surface area contributed by atoms with Crippen LogP contribution >= 0.6 is 11.8 Å². The average Bonchev–Trinajstić information content (AvgIpc) is 2.68. The van der Waals surface area contributed by atoms with Crippen LogP contribution in [0.3, 0.4) is 0 Å². The van der Waals surface area contributed by atoms with Crippen molar-refractivity contribution in [3.63, 3.8) is 0 Å². The van der Waals surface area contributed by atoms with E-state index in [0.717, 1.165) is 24.3 Å². The smallest absolute Gasteiger partial charge is 0.275 e. The molecule has 7 nitrogen and oxygen atoms in total. The van der Waals surface area contributed by atoms with Crippen LogP contribution in [0, 0.1) is 11.6 Å². The van der Waals surface area contributed by atoms with Crippen molar-refractivity contribution >= 4 is 23.6 Å². The number of thioether (sulfide) groups is 1. The fourth-order valence-electron chi connectivity index (χ4n) is 3.81. The van der Waals surface area contributed by atoms with E-state index in [4.69, 9.17) is 0 Å². The largest absolute Gasteiger partial charge is 0.503 e. The quantitative estimate of drug-likeness (QED) is 0.770. The van der Waals surface area contributed by atoms with Crippen LogP contribution in [0.4, 0.5) is 8.78 Å². The van der Waals surface area contributed by atoms with E-state index < -0.39 is 34.6 Å². The molecule has 158 valence electrons. The number of halogens is 2. The van der Waals surface area contributed by atoms with Crippen molar-refractivity contribution in [2.45, 2.75) is 37.8 Å². The lowest BCUT2D eigenvalue weighted by molar-refractivity contribution is 0.0573. The third-order valence-electron chi connectivity index (χ3n) is 5.30. The molecule has 2 aliphatic heterocycles. The molecule has 1 saturated heterocycles. The lowest BCUT2D eigenvalue weighted by Crippen LogP contribution is -2.54. The van der Waals surface area contributed by atoms with Gasteiger partial charge in [0.15, 0.2) is 11.4 Å². The first-order valence-corrected chi connectivity index (χ1v) is 10.4. The van der Waals surface area contributed by atoms with Gasteiger partial charge < -0.3 is 19.9 Å². The van der Waals surface area contributed by atoms with Gasteiger partial charge in [-0.2, -0.15) is 0 Å². The predicted molar refractivity (Wildman–Crippen MR) is 106 cm³/mol. The van der Waals surface area contributed by atoms with E-state index in [-0.39, 0.29) is 34.8 Å². The molecule has 2 aromatic rings. The molecule has 4 rings (SSSR count). The molecule has 2 N–H and O–H groups in total. The van der Waals surface area contributed by atoms with Gasteiger partial charge >= 0.3 is 0 Å². The van der Waals surface area contributed by atoms with Gasteiger partial charge in [0.05, 0.1) is 11.9 Å². The average molecular weight is 435 g/mol. The Morgan fingerprint density at radius 3 is 2.67 bits per heavy atom. The highest BCUT2D eigenvalue weighted by Crippen LogP contribution is 2.35. The Kier molecular flexibility index (Phi) is 5.27. The third-order valence-corrected chi connectivity index (χ3v) is 6.53. The van der Waals surface area contributed by atoms with Gasteiger partial charge in [0.2, 0.25) is 5.43 Å². The van der Waals surface area contributed by atoms with Gasteiger partial charge in [0.25, 0.3) is 11.8 Å². The second-order valence-electron chi connectivity index (χ2n) is 7.36. The topological polar surface area (TPSA) is 91.6 Å². The molecule has 30 heavy (non-hydrogen) atoms. The summed E-state index contributed by atoms with van der Waals surface area (Å²) in [4.78, 5) is 39.7. The molecule has 3 heterocycles. The number of nitrogens with one attached hydrogen (secondary N) is 1. The molecule has 1 unspecified atom stereocenters. The van der Waals surface area contributed by atoms with E-state index >= 15 is 0 Å². The van der Waals surface area contributed by atoms with E-state index in [1.807, 2.05) is 6.92 Å². The number of aromatic nitrogens is 1. The minimum atomic E-state index is -0.965. The third kappa shape index (κ3) is 3.55. The zero-order chi connectivity index (χ0) is 21.6. The molecule has 0 spiro atoms. The lowest BCUT2D eigenvalue weighted by Gasteiger charge is -2.44. The Morgan fingerprint density at radius 1 is 1.27 bits per heavy atom. The van der Waals surface area contributed by atoms with Crippen LogP contribution in [-0.4, -0.2) is 43.6 Å². The SMILES string of the molecule is C[C@@H]1CCSC2Cn3cc(C(=O)NCc4cc(F)cc(F)c4)c(=O)c(O)c3C(=O)N21. The molecule has 1 fully saturated rings. The maximum Gasteiger partial charge on any atom is 0.275 e. The molecule has 0 bridgehead atoms. The maximum atomic E-state index is 13.3. The van der Waals surface area contributed by atoms with Gasteiger partial charge in [-0.15, -0.1) is 11.8 Å². The Morgan fingerprint density at radius 2 is 1.97 bits per heavy atom. The normalized spacial score (nSPS) is 20.5. The van der Waals surface area contributed by atoms with E-state index in [0.29, 0.717) is 12.6 Å². The first-order chi connectivity index (χ1) is 14.3. The number of amides is 2. The zero-order valence-corrected chi connectivity index (χ0v) is 16.8. The molecule has 1 aromatic heterocycles. The van der Waals surface area contributed by atoms with Gasteiger partial charge in [0, 0.05) is 24.8 Å². The molecule has 2 atom stereocenters. The van der Waals surface area contributed by atoms with Gasteiger partial charge in [-0.3, -0.25) is 14.4 Å². The lowest BCUT2D eigenvalue weighted by atomic mass is 10.1. The summed E-state index contributed by atoms with van der Waals surface area (Å²) < 4.78 is 28.0. The van der Waals surface area contributed by atoms with Crippen LogP contribution in [-0.2, 0) is 13.1 Å². The Labute approximate surface area is 174 Å². The van der Waals surface area contributed by atoms with Gasteiger partial charge in [-0.25, -0.2) is 8.78 Å². The molecule has 2 aliphatic rings. The van der Waals surface area contributed by atoms with E-state index in [9.17, 15) is 28.3 Å². The highest BCUT2D eigenvalue weighted by atomic mass is 32.2. The molecule has 1 aromatic carbocycles. The zero-order valence-electron chi connectivity index (χ0n) is 16.0. The molecule has 0 aliphatic carbocycles. The Hall–Kier alpha value is -2.88. The highest BCUT2D eigenvalue weighted by molar-refractivity contribution is 7.99. The maximum absolute atomic E-state index is 13.3. The molecular formula is C20H19F2N3O4S. The van der Waals surface area contributed by atoms with Crippen LogP contribution < -0.4 is 10.7 Å². The van der Waals surface area contributed by atoms with Crippen molar-refractivity contribution in [2.75, 3.05) is 5.75 Å². The predicted octanol–water partition coefficient (Wildman–Crippen LogP) is 2.07. The highest BCUT2D eigenvalue weighted by Gasteiger charge is 2.40. The van der Waals surface area contributed by atoms with E-state index in [1.54, 1.807) is 16.7 Å². The van der Waals surface area contributed by atoms with Crippen LogP contribution in [0.25, 0.3) is 0 Å². The van der Waals surface area contributed by atoms with Crippen LogP contribution in [0.1, 0.15) is 39.8 Å². The molecule has 0 saturated carbocycles. The number of rotatable bonds is 3. The summed E-state index contributed by atoms with van der Waals surface area (Å²) in [6, 6.07) is 2.83. The monoisotopic (exact) mass is 435 g/mol. The Bertz CT molecular complexity index is 1080. The van der Waals surface area contributed by atoms with Crippen molar-refractivity contribution in [3.05, 3.63) is 63.1 Å². The van der Waals surface area contributed by atoms with Crippen molar-refractivity contribution in [3.8, 4) is 5.75 Å². The minimum absolute atomic E-state index is 0.0124. The van der Waals surface area contributed by atoms with Crippen LogP contribution in [0.15, 0.2) is 29.2 Å². The number of fused-ring (bicyclic) bond motifs is 2. The van der Waals surface area contributed by atoms with Crippen molar-refractivity contribution in [1.82, 2.24) is 14.8 Å². The number of hydrogen-bond donors (Lipinski definition) is 2. The summed E-state index contributed by atoms with van der Waals surface area (Å²) in [7, 11) is 0. The van der Waals surface area contributed by atoms with Crippen LogP contribution in [0.2, 0.25) is 0 Å². The number of carbonyl (C=O) groups excluding carboxylic acids is 2. The fraction of sp³-hybridized carbons (Fsp3) is 0.350. The van der Waals surface area contributed by atoms with Crippen LogP contribution in [0.5, 0.6) is 5.75 Å². The number of aromatic hydroxyl groups is 1. The standard InChI is InChI=1S/C20H19F2N3O4S/c1-10-2-3-30-15-9-24-8-14(17(26)18(27)16(24)20(29)25(10)15)19(28)23-7-11-4-12(21)6-13(22)5-11/h4-6,8,10,15,27H,2-3,7,9H2,1H3,(H,23,28)/t10-,15?/m1/s1. The fourth-order valence-corrected chi connectivity index (χ4v) is 5.29. The number of benzene rings is 1. The molecular weight excluding hydrogens is 416 g/mol. The molecule has 2 amide bonds. The van der Waals surface area contributed by atoms with Gasteiger partial charge in [-0.05, 0) is 36.8 Å². The summed E-state index contributed by atoms with van der Waals surface area (Å²) in [6.45, 7) is 2.05. The number of hydrogen-bond acceptors (Lipinski definition) is 5. The summed E-state index contributed by atoms with van der Waals surface area (Å²) >= 11 is 1.61. The first-order valence-electron chi connectivity index (χ1n) is 9.40. The van der Waals surface area contributed by atoms with Gasteiger partial charge in [0.1, 0.15) is 17.2 Å². The number of carbonyl (C=O) groups is 2. The van der Waals surface area contributed by atoms with E-state index in [2.05, 4.69) is 5.32 Å².